The molecule has 0 radical (unpaired) electrons. The third-order valence-electron chi connectivity index (χ3n) is 5.56. The van der Waals surface area contributed by atoms with Gasteiger partial charge in [-0.05, 0) is 44.2 Å². The molecular weight excluding hydrogens is 262 g/mol. The Morgan fingerprint density at radius 1 is 1.19 bits per heavy atom. The molecule has 1 aliphatic heterocycles. The number of nitrogens with zero attached hydrogens (tertiary/aromatic N) is 1. The number of phenols is 1. The quantitative estimate of drug-likeness (QED) is 0.913. The second kappa shape index (κ2) is 6.27. The average molecular weight is 289 g/mol. The molecule has 21 heavy (non-hydrogen) atoms. The fraction of sp³-hybridized carbons (Fsp3) is 0.667. The first-order valence-corrected chi connectivity index (χ1v) is 8.30. The van der Waals surface area contributed by atoms with Crippen molar-refractivity contribution in [1.29, 1.82) is 0 Å². The van der Waals surface area contributed by atoms with Crippen LogP contribution in [0.2, 0.25) is 0 Å². The molecular formula is C18H27NO2. The van der Waals surface area contributed by atoms with Crippen molar-refractivity contribution in [3.63, 3.8) is 0 Å². The molecule has 1 saturated carbocycles. The lowest BCUT2D eigenvalue weighted by Gasteiger charge is -2.43. The first-order valence-electron chi connectivity index (χ1n) is 8.30. The van der Waals surface area contributed by atoms with Crippen LogP contribution in [0.25, 0.3) is 0 Å². The average Bonchev–Trinajstić information content (AvgIpc) is 2.53. The number of benzene rings is 1. The summed E-state index contributed by atoms with van der Waals surface area (Å²) in [6, 6.07) is 5.95. The van der Waals surface area contributed by atoms with E-state index in [1.54, 1.807) is 13.2 Å². The molecule has 2 aliphatic rings. The lowest BCUT2D eigenvalue weighted by molar-refractivity contribution is 0.0609. The Morgan fingerprint density at radius 2 is 1.95 bits per heavy atom. The van der Waals surface area contributed by atoms with Crippen molar-refractivity contribution in [2.45, 2.75) is 45.1 Å². The monoisotopic (exact) mass is 289 g/mol. The highest BCUT2D eigenvalue weighted by Crippen LogP contribution is 2.40. The number of methoxy groups -OCH3 is 1. The maximum Gasteiger partial charge on any atom is 0.124 e. The number of hydrogen-bond donors (Lipinski definition) is 1. The van der Waals surface area contributed by atoms with Gasteiger partial charge in [-0.25, -0.2) is 0 Å². The van der Waals surface area contributed by atoms with Crippen LogP contribution in [0, 0.1) is 11.8 Å². The van der Waals surface area contributed by atoms with Crippen LogP contribution < -0.4 is 4.74 Å². The molecule has 0 aromatic heterocycles. The topological polar surface area (TPSA) is 32.7 Å². The third kappa shape index (κ3) is 3.03. The third-order valence-corrected chi connectivity index (χ3v) is 5.56. The van der Waals surface area contributed by atoms with Gasteiger partial charge in [0.05, 0.1) is 7.11 Å². The predicted molar refractivity (Wildman–Crippen MR) is 84.7 cm³/mol. The number of aromatic hydroxyl groups is 1. The van der Waals surface area contributed by atoms with Gasteiger partial charge in [-0.15, -0.1) is 0 Å². The Bertz CT molecular complexity index is 488. The summed E-state index contributed by atoms with van der Waals surface area (Å²) in [6.07, 6.45) is 6.97. The van der Waals surface area contributed by atoms with Gasteiger partial charge in [-0.2, -0.15) is 0 Å². The van der Waals surface area contributed by atoms with Gasteiger partial charge in [0, 0.05) is 24.2 Å². The Morgan fingerprint density at radius 3 is 2.67 bits per heavy atom. The smallest absolute Gasteiger partial charge is 0.124 e. The summed E-state index contributed by atoms with van der Waals surface area (Å²) in [4.78, 5) is 2.55. The standard InChI is InChI=1S/C18H27NO2/c1-13(17-8-7-16(21-2)11-18(17)20)19-10-9-14-5-3-4-6-15(14)12-19/h7-8,11,13-15,20H,3-6,9-10,12H2,1-2H3. The summed E-state index contributed by atoms with van der Waals surface area (Å²) >= 11 is 0. The molecule has 0 bridgehead atoms. The van der Waals surface area contributed by atoms with E-state index in [0.717, 1.165) is 29.7 Å². The Hall–Kier alpha value is -1.22. The molecule has 1 aromatic carbocycles. The van der Waals surface area contributed by atoms with Gasteiger partial charge in [-0.3, -0.25) is 4.90 Å². The summed E-state index contributed by atoms with van der Waals surface area (Å²) in [6.45, 7) is 4.57. The Labute approximate surface area is 127 Å². The van der Waals surface area contributed by atoms with Crippen LogP contribution in [0.3, 0.4) is 0 Å². The maximum absolute atomic E-state index is 10.2. The predicted octanol–water partition coefficient (Wildman–Crippen LogP) is 3.97. The van der Waals surface area contributed by atoms with E-state index < -0.39 is 0 Å². The molecule has 3 rings (SSSR count). The van der Waals surface area contributed by atoms with Crippen molar-refractivity contribution in [2.24, 2.45) is 11.8 Å². The fourth-order valence-electron chi connectivity index (χ4n) is 4.18. The molecule has 1 saturated heterocycles. The van der Waals surface area contributed by atoms with Gasteiger partial charge in [0.2, 0.25) is 0 Å². The van der Waals surface area contributed by atoms with E-state index in [1.807, 2.05) is 12.1 Å². The van der Waals surface area contributed by atoms with E-state index in [0.29, 0.717) is 5.75 Å². The van der Waals surface area contributed by atoms with Crippen LogP contribution in [0.4, 0.5) is 0 Å². The second-order valence-corrected chi connectivity index (χ2v) is 6.69. The zero-order valence-corrected chi connectivity index (χ0v) is 13.2. The summed E-state index contributed by atoms with van der Waals surface area (Å²) in [5, 5.41) is 10.2. The minimum Gasteiger partial charge on any atom is -0.507 e. The molecule has 1 aliphatic carbocycles. The SMILES string of the molecule is COc1ccc(C(C)N2CCC3CCCCC3C2)c(O)c1. The largest absolute Gasteiger partial charge is 0.507 e. The summed E-state index contributed by atoms with van der Waals surface area (Å²) in [7, 11) is 1.63. The Balaban J connectivity index is 1.71. The summed E-state index contributed by atoms with van der Waals surface area (Å²) in [5.41, 5.74) is 1.02. The molecule has 3 nitrogen and oxygen atoms in total. The molecule has 2 fully saturated rings. The van der Waals surface area contributed by atoms with Crippen molar-refractivity contribution in [2.75, 3.05) is 20.2 Å². The summed E-state index contributed by atoms with van der Waals surface area (Å²) < 4.78 is 5.17. The van der Waals surface area contributed by atoms with E-state index in [1.165, 1.54) is 38.6 Å². The van der Waals surface area contributed by atoms with Crippen molar-refractivity contribution >= 4 is 0 Å². The van der Waals surface area contributed by atoms with Crippen molar-refractivity contribution < 1.29 is 9.84 Å². The lowest BCUT2D eigenvalue weighted by Crippen LogP contribution is -2.42. The van der Waals surface area contributed by atoms with E-state index in [-0.39, 0.29) is 6.04 Å². The lowest BCUT2D eigenvalue weighted by atomic mass is 9.74. The zero-order valence-electron chi connectivity index (χ0n) is 13.2. The van der Waals surface area contributed by atoms with Crippen LogP contribution in [0.1, 0.15) is 50.6 Å². The number of hydrogen-bond acceptors (Lipinski definition) is 3. The molecule has 3 atom stereocenters. The summed E-state index contributed by atoms with van der Waals surface area (Å²) in [5.74, 6) is 2.89. The number of rotatable bonds is 3. The van der Waals surface area contributed by atoms with Crippen molar-refractivity contribution in [3.05, 3.63) is 23.8 Å². The van der Waals surface area contributed by atoms with Gasteiger partial charge in [0.25, 0.3) is 0 Å². The van der Waals surface area contributed by atoms with Crippen LogP contribution in [-0.4, -0.2) is 30.2 Å². The fourth-order valence-corrected chi connectivity index (χ4v) is 4.18. The number of fused-ring (bicyclic) bond motifs is 1. The van der Waals surface area contributed by atoms with Gasteiger partial charge < -0.3 is 9.84 Å². The molecule has 1 N–H and O–H groups in total. The van der Waals surface area contributed by atoms with Crippen LogP contribution in [0.5, 0.6) is 11.5 Å². The van der Waals surface area contributed by atoms with E-state index in [4.69, 9.17) is 4.74 Å². The first-order chi connectivity index (χ1) is 10.2. The highest BCUT2D eigenvalue weighted by Gasteiger charge is 2.33. The maximum atomic E-state index is 10.2. The van der Waals surface area contributed by atoms with E-state index >= 15 is 0 Å². The highest BCUT2D eigenvalue weighted by molar-refractivity contribution is 5.41. The van der Waals surface area contributed by atoms with Gasteiger partial charge in [0.15, 0.2) is 0 Å². The zero-order chi connectivity index (χ0) is 14.8. The number of piperidine rings is 1. The van der Waals surface area contributed by atoms with Crippen LogP contribution >= 0.6 is 0 Å². The van der Waals surface area contributed by atoms with Crippen LogP contribution in [-0.2, 0) is 0 Å². The number of likely N-dealkylation sites (tertiary alicyclic amines) is 1. The second-order valence-electron chi connectivity index (χ2n) is 6.69. The molecule has 3 heteroatoms. The van der Waals surface area contributed by atoms with Crippen molar-refractivity contribution in [1.82, 2.24) is 4.90 Å². The van der Waals surface area contributed by atoms with Crippen molar-refractivity contribution in [3.8, 4) is 11.5 Å². The van der Waals surface area contributed by atoms with Gasteiger partial charge >= 0.3 is 0 Å². The minimum atomic E-state index is 0.277. The Kier molecular flexibility index (Phi) is 4.39. The molecule has 1 heterocycles. The molecule has 1 aromatic rings. The number of ether oxygens (including phenoxy) is 1. The highest BCUT2D eigenvalue weighted by atomic mass is 16.5. The van der Waals surface area contributed by atoms with E-state index in [2.05, 4.69) is 11.8 Å². The molecule has 116 valence electrons. The number of phenolic OH excluding ortho intramolecular Hbond substituents is 1. The van der Waals surface area contributed by atoms with E-state index in [9.17, 15) is 5.11 Å². The molecule has 0 amide bonds. The normalized spacial score (nSPS) is 27.9. The molecule has 0 spiro atoms. The van der Waals surface area contributed by atoms with Crippen LogP contribution in [0.15, 0.2) is 18.2 Å². The van der Waals surface area contributed by atoms with Gasteiger partial charge in [0.1, 0.15) is 11.5 Å². The van der Waals surface area contributed by atoms with Gasteiger partial charge in [-0.1, -0.05) is 25.3 Å². The molecule has 3 unspecified atom stereocenters. The minimum absolute atomic E-state index is 0.277. The first kappa shape index (κ1) is 14.7.